The Hall–Kier alpha value is -2.12. The molecule has 0 bridgehead atoms. The molecule has 0 saturated carbocycles. The molecule has 1 heterocycles. The first-order valence-electron chi connectivity index (χ1n) is 5.58. The number of aryl methyl sites for hydroxylation is 1. The number of urea groups is 1. The molecule has 0 aliphatic heterocycles. The topological polar surface area (TPSA) is 100 Å². The Morgan fingerprint density at radius 1 is 1.61 bits per heavy atom. The average Bonchev–Trinajstić information content (AvgIpc) is 2.71. The minimum atomic E-state index is -0.931. The molecule has 0 aliphatic carbocycles. The highest BCUT2D eigenvalue weighted by Gasteiger charge is 2.20. The van der Waals surface area contributed by atoms with E-state index in [1.807, 2.05) is 0 Å². The standard InChI is InChI=1S/C10H17N5O3/c1-4-15(5-7(2)8(16)17)10(18)13-9-11-6-12-14(9)3/h6-7H,4-5H2,1-3H3,(H,16,17)(H,11,12,13,18). The van der Waals surface area contributed by atoms with E-state index in [-0.39, 0.29) is 12.6 Å². The number of rotatable bonds is 5. The number of hydrogen-bond acceptors (Lipinski definition) is 4. The number of nitrogens with zero attached hydrogens (tertiary/aromatic N) is 4. The number of carbonyl (C=O) groups excluding carboxylic acids is 1. The number of hydrogen-bond donors (Lipinski definition) is 2. The van der Waals surface area contributed by atoms with Gasteiger partial charge in [-0.1, -0.05) is 6.92 Å². The zero-order valence-corrected chi connectivity index (χ0v) is 10.6. The fraction of sp³-hybridized carbons (Fsp3) is 0.600. The fourth-order valence-corrected chi connectivity index (χ4v) is 1.35. The van der Waals surface area contributed by atoms with Gasteiger partial charge in [-0.2, -0.15) is 10.1 Å². The van der Waals surface area contributed by atoms with E-state index in [2.05, 4.69) is 15.4 Å². The van der Waals surface area contributed by atoms with E-state index in [0.29, 0.717) is 12.5 Å². The minimum absolute atomic E-state index is 0.148. The molecule has 0 fully saturated rings. The molecule has 1 aromatic rings. The molecular formula is C10H17N5O3. The van der Waals surface area contributed by atoms with Gasteiger partial charge < -0.3 is 10.0 Å². The summed E-state index contributed by atoms with van der Waals surface area (Å²) >= 11 is 0. The zero-order chi connectivity index (χ0) is 13.7. The van der Waals surface area contributed by atoms with Crippen LogP contribution in [0.3, 0.4) is 0 Å². The number of amides is 2. The number of aromatic nitrogens is 3. The summed E-state index contributed by atoms with van der Waals surface area (Å²) in [4.78, 5) is 27.9. The lowest BCUT2D eigenvalue weighted by atomic mass is 10.2. The lowest BCUT2D eigenvalue weighted by Gasteiger charge is -2.22. The van der Waals surface area contributed by atoms with Gasteiger partial charge in [0.1, 0.15) is 6.33 Å². The maximum atomic E-state index is 11.9. The molecule has 0 aliphatic rings. The first-order chi connectivity index (χ1) is 8.45. The molecule has 8 nitrogen and oxygen atoms in total. The number of carbonyl (C=O) groups is 2. The highest BCUT2D eigenvalue weighted by Crippen LogP contribution is 2.04. The molecule has 100 valence electrons. The first kappa shape index (κ1) is 13.9. The minimum Gasteiger partial charge on any atom is -0.481 e. The van der Waals surface area contributed by atoms with Crippen molar-refractivity contribution in [1.29, 1.82) is 0 Å². The van der Waals surface area contributed by atoms with Crippen LogP contribution in [0.5, 0.6) is 0 Å². The Balaban J connectivity index is 2.63. The van der Waals surface area contributed by atoms with E-state index in [9.17, 15) is 9.59 Å². The summed E-state index contributed by atoms with van der Waals surface area (Å²) in [6, 6.07) is -0.387. The Morgan fingerprint density at radius 3 is 2.72 bits per heavy atom. The van der Waals surface area contributed by atoms with Gasteiger partial charge >= 0.3 is 12.0 Å². The van der Waals surface area contributed by atoms with Gasteiger partial charge in [0.2, 0.25) is 5.95 Å². The number of nitrogens with one attached hydrogen (secondary N) is 1. The smallest absolute Gasteiger partial charge is 0.324 e. The molecule has 2 amide bonds. The Kier molecular flexibility index (Phi) is 4.64. The van der Waals surface area contributed by atoms with E-state index in [4.69, 9.17) is 5.11 Å². The molecule has 1 unspecified atom stereocenters. The quantitative estimate of drug-likeness (QED) is 0.792. The molecule has 8 heteroatoms. The van der Waals surface area contributed by atoms with Gasteiger partial charge in [0.15, 0.2) is 0 Å². The van der Waals surface area contributed by atoms with Gasteiger partial charge in [0.25, 0.3) is 0 Å². The van der Waals surface area contributed by atoms with Crippen molar-refractivity contribution in [3.05, 3.63) is 6.33 Å². The molecule has 1 rings (SSSR count). The van der Waals surface area contributed by atoms with E-state index >= 15 is 0 Å². The second-order valence-corrected chi connectivity index (χ2v) is 3.92. The van der Waals surface area contributed by atoms with E-state index in [0.717, 1.165) is 0 Å². The Morgan fingerprint density at radius 2 is 2.28 bits per heavy atom. The van der Waals surface area contributed by atoms with E-state index in [1.165, 1.54) is 15.9 Å². The number of anilines is 1. The molecule has 0 aromatic carbocycles. The van der Waals surface area contributed by atoms with Crippen molar-refractivity contribution in [2.45, 2.75) is 13.8 Å². The zero-order valence-electron chi connectivity index (χ0n) is 10.6. The first-order valence-corrected chi connectivity index (χ1v) is 5.58. The summed E-state index contributed by atoms with van der Waals surface area (Å²) in [5.41, 5.74) is 0. The molecule has 0 radical (unpaired) electrons. The third kappa shape index (κ3) is 3.44. The maximum Gasteiger partial charge on any atom is 0.324 e. The molecule has 0 saturated heterocycles. The molecule has 2 N–H and O–H groups in total. The van der Waals surface area contributed by atoms with Crippen molar-refractivity contribution in [3.63, 3.8) is 0 Å². The lowest BCUT2D eigenvalue weighted by molar-refractivity contribution is -0.141. The van der Waals surface area contributed by atoms with Gasteiger partial charge in [-0.05, 0) is 6.92 Å². The molecule has 1 aromatic heterocycles. The Labute approximate surface area is 105 Å². The van der Waals surface area contributed by atoms with Gasteiger partial charge in [0.05, 0.1) is 5.92 Å². The predicted octanol–water partition coefficient (Wildman–Crippen LogP) is 0.390. The summed E-state index contributed by atoms with van der Waals surface area (Å²) in [6.45, 7) is 3.91. The maximum absolute atomic E-state index is 11.9. The van der Waals surface area contributed by atoms with Gasteiger partial charge in [-0.15, -0.1) is 0 Å². The van der Waals surface area contributed by atoms with Crippen LogP contribution in [0, 0.1) is 5.92 Å². The molecule has 0 spiro atoms. The van der Waals surface area contributed by atoms with Gasteiger partial charge in [-0.25, -0.2) is 9.48 Å². The Bertz CT molecular complexity index is 431. The lowest BCUT2D eigenvalue weighted by Crippen LogP contribution is -2.40. The van der Waals surface area contributed by atoms with Crippen LogP contribution in [0.15, 0.2) is 6.33 Å². The highest BCUT2D eigenvalue weighted by atomic mass is 16.4. The summed E-state index contributed by atoms with van der Waals surface area (Å²) in [5.74, 6) is -1.23. The van der Waals surface area contributed by atoms with E-state index in [1.54, 1.807) is 20.9 Å². The summed E-state index contributed by atoms with van der Waals surface area (Å²) in [7, 11) is 1.65. The van der Waals surface area contributed by atoms with Crippen LogP contribution < -0.4 is 5.32 Å². The van der Waals surface area contributed by atoms with Crippen LogP contribution in [0.4, 0.5) is 10.7 Å². The van der Waals surface area contributed by atoms with Crippen molar-refractivity contribution < 1.29 is 14.7 Å². The van der Waals surface area contributed by atoms with Gasteiger partial charge in [0, 0.05) is 20.1 Å². The third-order valence-corrected chi connectivity index (χ3v) is 2.51. The number of carboxylic acid groups (broad SMARTS) is 1. The van der Waals surface area contributed by atoms with E-state index < -0.39 is 11.9 Å². The van der Waals surface area contributed by atoms with Crippen LogP contribution in [0.25, 0.3) is 0 Å². The summed E-state index contributed by atoms with van der Waals surface area (Å²) in [5, 5.41) is 15.2. The third-order valence-electron chi connectivity index (χ3n) is 2.51. The van der Waals surface area contributed by atoms with Crippen LogP contribution in [0.2, 0.25) is 0 Å². The monoisotopic (exact) mass is 255 g/mol. The normalized spacial score (nSPS) is 11.9. The molecular weight excluding hydrogens is 238 g/mol. The van der Waals surface area contributed by atoms with Crippen LogP contribution >= 0.6 is 0 Å². The number of carboxylic acids is 1. The van der Waals surface area contributed by atoms with Crippen LogP contribution in [-0.2, 0) is 11.8 Å². The van der Waals surface area contributed by atoms with Crippen LogP contribution in [0.1, 0.15) is 13.8 Å². The second kappa shape index (κ2) is 5.99. The van der Waals surface area contributed by atoms with Crippen molar-refractivity contribution in [2.75, 3.05) is 18.4 Å². The predicted molar refractivity (Wildman–Crippen MR) is 64.1 cm³/mol. The molecule has 1 atom stereocenters. The highest BCUT2D eigenvalue weighted by molar-refractivity contribution is 5.87. The number of aliphatic carboxylic acids is 1. The molecule has 18 heavy (non-hydrogen) atoms. The SMILES string of the molecule is CCN(CC(C)C(=O)O)C(=O)Nc1ncnn1C. The fourth-order valence-electron chi connectivity index (χ4n) is 1.35. The van der Waals surface area contributed by atoms with Crippen molar-refractivity contribution >= 4 is 17.9 Å². The summed E-state index contributed by atoms with van der Waals surface area (Å²) < 4.78 is 1.42. The van der Waals surface area contributed by atoms with Crippen molar-refractivity contribution in [2.24, 2.45) is 13.0 Å². The summed E-state index contributed by atoms with van der Waals surface area (Å²) in [6.07, 6.45) is 1.33. The average molecular weight is 255 g/mol. The second-order valence-electron chi connectivity index (χ2n) is 3.92. The largest absolute Gasteiger partial charge is 0.481 e. The van der Waals surface area contributed by atoms with Gasteiger partial charge in [-0.3, -0.25) is 10.1 Å². The van der Waals surface area contributed by atoms with Crippen LogP contribution in [-0.4, -0.2) is 49.9 Å². The van der Waals surface area contributed by atoms with Crippen molar-refractivity contribution in [3.8, 4) is 0 Å². The van der Waals surface area contributed by atoms with Crippen molar-refractivity contribution in [1.82, 2.24) is 19.7 Å².